The Morgan fingerprint density at radius 3 is 2.76 bits per heavy atom. The number of rotatable bonds is 4. The largest absolute Gasteiger partial charge is 0.481 e. The molecule has 1 aromatic heterocycles. The van der Waals surface area contributed by atoms with E-state index in [0.29, 0.717) is 25.1 Å². The molecule has 2 aromatic rings. The number of carbonyl (C=O) groups is 2. The topological polar surface area (TPSA) is 79.7 Å². The lowest BCUT2D eigenvalue weighted by atomic mass is 10.0. The van der Waals surface area contributed by atoms with Crippen molar-refractivity contribution in [2.45, 2.75) is 27.2 Å². The lowest BCUT2D eigenvalue weighted by Gasteiger charge is -2.23. The molecule has 2 heterocycles. The summed E-state index contributed by atoms with van der Waals surface area (Å²) in [5.74, 6) is -1.65. The summed E-state index contributed by atoms with van der Waals surface area (Å²) in [5.41, 5.74) is 4.14. The average molecular weight is 342 g/mol. The van der Waals surface area contributed by atoms with Gasteiger partial charge in [-0.05, 0) is 38.3 Å². The van der Waals surface area contributed by atoms with Gasteiger partial charge in [-0.3, -0.25) is 9.78 Å². The molecule has 1 aromatic carbocycles. The third-order valence-corrected chi connectivity index (χ3v) is 4.88. The second-order valence-electron chi connectivity index (χ2n) is 6.41. The maximum absolute atomic E-state index is 12.4. The minimum Gasteiger partial charge on any atom is -0.481 e. The highest BCUT2D eigenvalue weighted by Crippen LogP contribution is 2.35. The van der Waals surface area contributed by atoms with Crippen LogP contribution in [0.2, 0.25) is 0 Å². The molecule has 0 aliphatic carbocycles. The Labute approximate surface area is 146 Å². The summed E-state index contributed by atoms with van der Waals surface area (Å²) in [6, 6.07) is 3.96. The Kier molecular flexibility index (Phi) is 4.61. The highest BCUT2D eigenvalue weighted by molar-refractivity contribution is 6.06. The van der Waals surface area contributed by atoms with Crippen molar-refractivity contribution in [2.75, 3.05) is 24.6 Å². The molecule has 1 aliphatic rings. The van der Waals surface area contributed by atoms with Crippen LogP contribution in [0.5, 0.6) is 0 Å². The molecular formula is C19H22N2O4. The van der Waals surface area contributed by atoms with Crippen LogP contribution in [0.3, 0.4) is 0 Å². The molecule has 3 rings (SSSR count). The zero-order valence-electron chi connectivity index (χ0n) is 14.7. The zero-order valence-corrected chi connectivity index (χ0v) is 14.7. The van der Waals surface area contributed by atoms with Gasteiger partial charge >= 0.3 is 11.9 Å². The first-order chi connectivity index (χ1) is 11.9. The van der Waals surface area contributed by atoms with Crippen molar-refractivity contribution in [1.82, 2.24) is 4.98 Å². The monoisotopic (exact) mass is 342 g/mol. The van der Waals surface area contributed by atoms with Crippen molar-refractivity contribution < 1.29 is 19.4 Å². The van der Waals surface area contributed by atoms with E-state index in [4.69, 9.17) is 4.74 Å². The number of ether oxygens (including phenoxy) is 1. The van der Waals surface area contributed by atoms with Gasteiger partial charge in [-0.15, -0.1) is 0 Å². The molecule has 6 heteroatoms. The molecule has 25 heavy (non-hydrogen) atoms. The van der Waals surface area contributed by atoms with Crippen LogP contribution in [0.15, 0.2) is 18.3 Å². The number of esters is 1. The minimum atomic E-state index is -0.800. The number of aromatic nitrogens is 1. The summed E-state index contributed by atoms with van der Waals surface area (Å²) in [6.45, 7) is 7.04. The fourth-order valence-electron chi connectivity index (χ4n) is 3.36. The highest BCUT2D eigenvalue weighted by atomic mass is 16.5. The van der Waals surface area contributed by atoms with Crippen LogP contribution in [-0.4, -0.2) is 41.7 Å². The van der Waals surface area contributed by atoms with Gasteiger partial charge in [0.05, 0.1) is 23.7 Å². The van der Waals surface area contributed by atoms with Crippen LogP contribution in [0, 0.1) is 19.8 Å². The Morgan fingerprint density at radius 1 is 1.36 bits per heavy atom. The van der Waals surface area contributed by atoms with E-state index in [2.05, 4.69) is 4.98 Å². The lowest BCUT2D eigenvalue weighted by Crippen LogP contribution is -2.25. The Morgan fingerprint density at radius 2 is 2.12 bits per heavy atom. The smallest absolute Gasteiger partial charge is 0.341 e. The molecule has 6 nitrogen and oxygen atoms in total. The molecule has 0 bridgehead atoms. The van der Waals surface area contributed by atoms with E-state index < -0.39 is 17.9 Å². The molecule has 1 aliphatic heterocycles. The van der Waals surface area contributed by atoms with E-state index in [-0.39, 0.29) is 6.61 Å². The lowest BCUT2D eigenvalue weighted by molar-refractivity contribution is -0.140. The molecule has 1 N–H and O–H groups in total. The van der Waals surface area contributed by atoms with Crippen molar-refractivity contribution >= 4 is 28.5 Å². The second kappa shape index (κ2) is 6.70. The van der Waals surface area contributed by atoms with Crippen molar-refractivity contribution in [2.24, 2.45) is 5.92 Å². The third kappa shape index (κ3) is 3.04. The number of aliphatic carboxylic acids is 1. The van der Waals surface area contributed by atoms with Crippen molar-refractivity contribution in [3.8, 4) is 0 Å². The second-order valence-corrected chi connectivity index (χ2v) is 6.41. The molecular weight excluding hydrogens is 320 g/mol. The Balaban J connectivity index is 2.18. The van der Waals surface area contributed by atoms with Gasteiger partial charge in [0.25, 0.3) is 0 Å². The third-order valence-electron chi connectivity index (χ3n) is 4.88. The Bertz CT molecular complexity index is 847. The molecule has 0 amide bonds. The van der Waals surface area contributed by atoms with Crippen LogP contribution in [0.25, 0.3) is 10.9 Å². The predicted molar refractivity (Wildman–Crippen MR) is 95.1 cm³/mol. The molecule has 0 spiro atoms. The van der Waals surface area contributed by atoms with Gasteiger partial charge in [0.1, 0.15) is 5.56 Å². The molecule has 1 unspecified atom stereocenters. The first-order valence-corrected chi connectivity index (χ1v) is 8.47. The van der Waals surface area contributed by atoms with Gasteiger partial charge in [0.2, 0.25) is 0 Å². The van der Waals surface area contributed by atoms with Gasteiger partial charge in [0, 0.05) is 24.7 Å². The van der Waals surface area contributed by atoms with Crippen molar-refractivity contribution in [3.05, 3.63) is 35.0 Å². The van der Waals surface area contributed by atoms with Gasteiger partial charge in [-0.2, -0.15) is 0 Å². The standard InChI is InChI=1S/C19H22N2O4/c1-4-25-19(24)15-9-20-16-12(3)11(2)5-6-14(16)17(15)21-8-7-13(10-21)18(22)23/h5-6,9,13H,4,7-8,10H2,1-3H3,(H,22,23). The molecule has 1 fully saturated rings. The number of hydrogen-bond acceptors (Lipinski definition) is 5. The predicted octanol–water partition coefficient (Wildman–Crippen LogP) is 2.94. The van der Waals surface area contributed by atoms with Crippen LogP contribution in [0.4, 0.5) is 5.69 Å². The fraction of sp³-hybridized carbons (Fsp3) is 0.421. The number of pyridine rings is 1. The number of nitrogens with zero attached hydrogens (tertiary/aromatic N) is 2. The summed E-state index contributed by atoms with van der Waals surface area (Å²) in [5, 5.41) is 10.2. The number of carbonyl (C=O) groups excluding carboxylic acids is 1. The van der Waals surface area contributed by atoms with E-state index in [1.165, 1.54) is 0 Å². The highest BCUT2D eigenvalue weighted by Gasteiger charge is 2.32. The number of benzene rings is 1. The van der Waals surface area contributed by atoms with Gasteiger partial charge in [-0.25, -0.2) is 4.79 Å². The fourth-order valence-corrected chi connectivity index (χ4v) is 3.36. The number of carboxylic acid groups (broad SMARTS) is 1. The Hall–Kier alpha value is -2.63. The maximum atomic E-state index is 12.4. The first-order valence-electron chi connectivity index (χ1n) is 8.47. The number of anilines is 1. The molecule has 0 radical (unpaired) electrons. The maximum Gasteiger partial charge on any atom is 0.341 e. The SMILES string of the molecule is CCOC(=O)c1cnc2c(C)c(C)ccc2c1N1CCC(C(=O)O)C1. The van der Waals surface area contributed by atoms with E-state index in [0.717, 1.165) is 27.7 Å². The van der Waals surface area contributed by atoms with Crippen molar-refractivity contribution in [3.63, 3.8) is 0 Å². The molecule has 0 saturated carbocycles. The molecule has 132 valence electrons. The summed E-state index contributed by atoms with van der Waals surface area (Å²) in [6.07, 6.45) is 2.11. The average Bonchev–Trinajstić information content (AvgIpc) is 3.07. The number of hydrogen-bond donors (Lipinski definition) is 1. The van der Waals surface area contributed by atoms with Gasteiger partial charge < -0.3 is 14.7 Å². The van der Waals surface area contributed by atoms with E-state index >= 15 is 0 Å². The van der Waals surface area contributed by atoms with Crippen molar-refractivity contribution in [1.29, 1.82) is 0 Å². The summed E-state index contributed by atoms with van der Waals surface area (Å²) < 4.78 is 5.18. The van der Waals surface area contributed by atoms with Crippen LogP contribution in [-0.2, 0) is 9.53 Å². The minimum absolute atomic E-state index is 0.279. The first kappa shape index (κ1) is 17.2. The van der Waals surface area contributed by atoms with Gasteiger partial charge in [0.15, 0.2) is 0 Å². The number of carboxylic acids is 1. The van der Waals surface area contributed by atoms with E-state index in [1.807, 2.05) is 30.9 Å². The number of fused-ring (bicyclic) bond motifs is 1. The zero-order chi connectivity index (χ0) is 18.1. The van der Waals surface area contributed by atoms with Crippen LogP contribution < -0.4 is 4.90 Å². The van der Waals surface area contributed by atoms with Crippen LogP contribution in [0.1, 0.15) is 34.8 Å². The molecule has 1 atom stereocenters. The van der Waals surface area contributed by atoms with Gasteiger partial charge in [-0.1, -0.05) is 12.1 Å². The quantitative estimate of drug-likeness (QED) is 0.861. The summed E-state index contributed by atoms with van der Waals surface area (Å²) in [4.78, 5) is 30.2. The summed E-state index contributed by atoms with van der Waals surface area (Å²) in [7, 11) is 0. The van der Waals surface area contributed by atoms with E-state index in [1.54, 1.807) is 13.1 Å². The normalized spacial score (nSPS) is 17.1. The molecule has 1 saturated heterocycles. The summed E-state index contributed by atoms with van der Waals surface area (Å²) >= 11 is 0. The number of aryl methyl sites for hydroxylation is 2. The van der Waals surface area contributed by atoms with E-state index in [9.17, 15) is 14.7 Å². The van der Waals surface area contributed by atoms with Crippen LogP contribution >= 0.6 is 0 Å².